The molecule has 3 aromatic rings. The summed E-state index contributed by atoms with van der Waals surface area (Å²) in [6.07, 6.45) is 9.52. The van der Waals surface area contributed by atoms with E-state index < -0.39 is 6.10 Å². The number of nitrogens with one attached hydrogen (secondary N) is 1. The van der Waals surface area contributed by atoms with Gasteiger partial charge in [0.25, 0.3) is 0 Å². The Labute approximate surface area is 249 Å². The van der Waals surface area contributed by atoms with Gasteiger partial charge in [-0.25, -0.2) is 15.0 Å². The van der Waals surface area contributed by atoms with Crippen LogP contribution in [-0.2, 0) is 20.9 Å². The lowest BCUT2D eigenvalue weighted by Crippen LogP contribution is -2.60. The number of benzene rings is 1. The van der Waals surface area contributed by atoms with Crippen molar-refractivity contribution in [2.24, 2.45) is 11.8 Å². The number of aliphatic hydroxyl groups excluding tert-OH is 1. The van der Waals surface area contributed by atoms with Crippen molar-refractivity contribution in [1.29, 1.82) is 0 Å². The number of carbonyl (C=O) groups excluding carboxylic acids is 2. The van der Waals surface area contributed by atoms with Crippen molar-refractivity contribution in [2.45, 2.75) is 82.8 Å². The average Bonchev–Trinajstić information content (AvgIpc) is 3.62. The molecule has 222 valence electrons. The van der Waals surface area contributed by atoms with Gasteiger partial charge in [-0.05, 0) is 69.6 Å². The molecule has 42 heavy (non-hydrogen) atoms. The van der Waals surface area contributed by atoms with Gasteiger partial charge < -0.3 is 20.1 Å². The number of aliphatic hydroxyl groups is 1. The molecule has 11 heteroatoms. The zero-order chi connectivity index (χ0) is 28.8. The highest BCUT2D eigenvalue weighted by atomic mass is 32.1. The van der Waals surface area contributed by atoms with Gasteiger partial charge >= 0.3 is 0 Å². The van der Waals surface area contributed by atoms with Gasteiger partial charge in [-0.15, -0.1) is 0 Å². The Bertz CT molecular complexity index is 1450. The number of fused-ring (bicyclic) bond motifs is 1. The van der Waals surface area contributed by atoms with Gasteiger partial charge in [0.2, 0.25) is 11.8 Å². The molecule has 3 saturated carbocycles. The SMILES string of the molecule is C[C@H]1CN(C(=O)C2CC2)CCN1C1CC(C(=O)Nc2nc3ccc(-c4cnc(CO[C@H]5CCC[C@@H]5O)nc4)cc3s2)C1. The Morgan fingerprint density at radius 1 is 1.07 bits per heavy atom. The Kier molecular flexibility index (Phi) is 7.68. The van der Waals surface area contributed by atoms with Crippen molar-refractivity contribution in [3.63, 3.8) is 0 Å². The van der Waals surface area contributed by atoms with E-state index in [1.807, 2.05) is 17.0 Å². The van der Waals surface area contributed by atoms with Crippen molar-refractivity contribution in [1.82, 2.24) is 24.8 Å². The van der Waals surface area contributed by atoms with Gasteiger partial charge in [-0.3, -0.25) is 14.5 Å². The number of amides is 2. The molecule has 4 fully saturated rings. The van der Waals surface area contributed by atoms with E-state index in [0.717, 1.165) is 85.9 Å². The fourth-order valence-corrected chi connectivity index (χ4v) is 7.51. The van der Waals surface area contributed by atoms with Crippen LogP contribution in [0, 0.1) is 11.8 Å². The van der Waals surface area contributed by atoms with Crippen LogP contribution in [0.25, 0.3) is 21.3 Å². The summed E-state index contributed by atoms with van der Waals surface area (Å²) in [6.45, 7) is 4.99. The highest BCUT2D eigenvalue weighted by Crippen LogP contribution is 2.37. The summed E-state index contributed by atoms with van der Waals surface area (Å²) >= 11 is 1.48. The van der Waals surface area contributed by atoms with Gasteiger partial charge in [0.15, 0.2) is 11.0 Å². The predicted octanol–water partition coefficient (Wildman–Crippen LogP) is 3.84. The molecule has 2 N–H and O–H groups in total. The first kappa shape index (κ1) is 27.8. The second-order valence-corrected chi connectivity index (χ2v) is 13.4. The molecule has 3 atom stereocenters. The number of anilines is 1. The summed E-state index contributed by atoms with van der Waals surface area (Å²) in [7, 11) is 0. The third-order valence-corrected chi connectivity index (χ3v) is 10.3. The standard InChI is InChI=1S/C31H38N6O4S/c1-18-16-36(30(40)19-5-6-19)9-10-37(18)23-11-21(12-23)29(39)35-31-34-24-8-7-20(13-27(24)42-31)22-14-32-28(33-15-22)17-41-26-4-2-3-25(26)38/h7-8,13-15,18-19,21,23,25-26,38H,2-6,9-12,16-17H2,1H3,(H,34,35,39)/t18-,21?,23?,25-,26-/m0/s1. The number of ether oxygens (including phenoxy) is 1. The van der Waals surface area contributed by atoms with E-state index in [-0.39, 0.29) is 30.5 Å². The van der Waals surface area contributed by atoms with Crippen LogP contribution in [0.3, 0.4) is 0 Å². The van der Waals surface area contributed by atoms with E-state index in [0.29, 0.717) is 28.9 Å². The number of thiazole rings is 1. The molecule has 1 aromatic carbocycles. The largest absolute Gasteiger partial charge is 0.390 e. The second-order valence-electron chi connectivity index (χ2n) is 12.4. The van der Waals surface area contributed by atoms with E-state index in [1.54, 1.807) is 12.4 Å². The molecule has 3 aliphatic carbocycles. The quantitative estimate of drug-likeness (QED) is 0.406. The van der Waals surface area contributed by atoms with Crippen LogP contribution >= 0.6 is 11.3 Å². The molecule has 3 heterocycles. The lowest BCUT2D eigenvalue weighted by atomic mass is 9.78. The molecule has 2 aromatic heterocycles. The number of hydrogen-bond acceptors (Lipinski definition) is 9. The Morgan fingerprint density at radius 3 is 2.60 bits per heavy atom. The van der Waals surface area contributed by atoms with Crippen LogP contribution in [-0.4, -0.2) is 85.6 Å². The molecule has 7 rings (SSSR count). The van der Waals surface area contributed by atoms with Crippen LogP contribution in [0.15, 0.2) is 30.6 Å². The Balaban J connectivity index is 0.913. The summed E-state index contributed by atoms with van der Waals surface area (Å²) < 4.78 is 6.79. The fraction of sp³-hybridized carbons (Fsp3) is 0.581. The lowest BCUT2D eigenvalue weighted by Gasteiger charge is -2.49. The maximum Gasteiger partial charge on any atom is 0.229 e. The molecular formula is C31H38N6O4S. The normalized spacial score (nSPS) is 28.1. The van der Waals surface area contributed by atoms with Crippen LogP contribution in [0.4, 0.5) is 5.13 Å². The highest BCUT2D eigenvalue weighted by Gasteiger charge is 2.43. The predicted molar refractivity (Wildman–Crippen MR) is 160 cm³/mol. The monoisotopic (exact) mass is 590 g/mol. The summed E-state index contributed by atoms with van der Waals surface area (Å²) in [5.74, 6) is 1.24. The topological polar surface area (TPSA) is 121 Å². The number of piperazine rings is 1. The summed E-state index contributed by atoms with van der Waals surface area (Å²) in [6, 6.07) is 6.74. The number of carbonyl (C=O) groups is 2. The van der Waals surface area contributed by atoms with Crippen LogP contribution in [0.1, 0.15) is 57.7 Å². The number of nitrogens with zero attached hydrogens (tertiary/aromatic N) is 5. The average molecular weight is 591 g/mol. The number of hydrogen-bond donors (Lipinski definition) is 2. The second kappa shape index (κ2) is 11.6. The van der Waals surface area contributed by atoms with E-state index in [2.05, 4.69) is 38.2 Å². The zero-order valence-electron chi connectivity index (χ0n) is 23.9. The minimum Gasteiger partial charge on any atom is -0.390 e. The summed E-state index contributed by atoms with van der Waals surface area (Å²) in [4.78, 5) is 43.6. The van der Waals surface area contributed by atoms with Crippen LogP contribution in [0.2, 0.25) is 0 Å². The minimum absolute atomic E-state index is 0.00697. The molecule has 0 unspecified atom stereocenters. The van der Waals surface area contributed by atoms with Gasteiger partial charge in [-0.1, -0.05) is 17.4 Å². The summed E-state index contributed by atoms with van der Waals surface area (Å²) in [5, 5.41) is 13.6. The van der Waals surface area contributed by atoms with Crippen LogP contribution < -0.4 is 5.32 Å². The van der Waals surface area contributed by atoms with Gasteiger partial charge in [-0.2, -0.15) is 0 Å². The molecular weight excluding hydrogens is 552 g/mol. The molecule has 0 bridgehead atoms. The third kappa shape index (κ3) is 5.79. The van der Waals surface area contributed by atoms with E-state index >= 15 is 0 Å². The third-order valence-electron chi connectivity index (χ3n) is 9.37. The van der Waals surface area contributed by atoms with E-state index in [1.165, 1.54) is 11.3 Å². The molecule has 10 nitrogen and oxygen atoms in total. The zero-order valence-corrected chi connectivity index (χ0v) is 24.8. The molecule has 1 saturated heterocycles. The fourth-order valence-electron chi connectivity index (χ4n) is 6.60. The minimum atomic E-state index is -0.393. The van der Waals surface area contributed by atoms with Gasteiger partial charge in [0.05, 0.1) is 22.4 Å². The molecule has 0 radical (unpaired) electrons. The van der Waals surface area contributed by atoms with Crippen molar-refractivity contribution in [3.8, 4) is 11.1 Å². The number of aromatic nitrogens is 3. The van der Waals surface area contributed by atoms with Crippen molar-refractivity contribution in [2.75, 3.05) is 25.0 Å². The maximum absolute atomic E-state index is 13.0. The Morgan fingerprint density at radius 2 is 1.88 bits per heavy atom. The Hall–Kier alpha value is -2.99. The van der Waals surface area contributed by atoms with Gasteiger partial charge in [0, 0.05) is 61.5 Å². The molecule has 0 spiro atoms. The van der Waals surface area contributed by atoms with E-state index in [4.69, 9.17) is 4.74 Å². The summed E-state index contributed by atoms with van der Waals surface area (Å²) in [5.41, 5.74) is 2.73. The van der Waals surface area contributed by atoms with Crippen LogP contribution in [0.5, 0.6) is 0 Å². The first-order valence-corrected chi connectivity index (χ1v) is 16.1. The van der Waals surface area contributed by atoms with Crippen molar-refractivity contribution >= 4 is 38.5 Å². The first-order valence-electron chi connectivity index (χ1n) is 15.3. The highest BCUT2D eigenvalue weighted by molar-refractivity contribution is 7.22. The molecule has 2 amide bonds. The van der Waals surface area contributed by atoms with Gasteiger partial charge in [0.1, 0.15) is 6.61 Å². The smallest absolute Gasteiger partial charge is 0.229 e. The first-order chi connectivity index (χ1) is 20.4. The van der Waals surface area contributed by atoms with Crippen molar-refractivity contribution in [3.05, 3.63) is 36.4 Å². The van der Waals surface area contributed by atoms with E-state index in [9.17, 15) is 14.7 Å². The molecule has 1 aliphatic heterocycles. The lowest BCUT2D eigenvalue weighted by molar-refractivity contribution is -0.137. The molecule has 4 aliphatic rings. The number of rotatable bonds is 8. The van der Waals surface area contributed by atoms with Crippen molar-refractivity contribution < 1.29 is 19.4 Å². The maximum atomic E-state index is 13.0.